The average Bonchev–Trinajstić information content (AvgIpc) is 2.54. The Morgan fingerprint density at radius 3 is 2.54 bits per heavy atom. The second-order valence-corrected chi connectivity index (χ2v) is 5.19. The monoisotopic (exact) mass is 192 g/mol. The van der Waals surface area contributed by atoms with Gasteiger partial charge in [0, 0.05) is 10.1 Å². The molecule has 0 aromatic heterocycles. The summed E-state index contributed by atoms with van der Waals surface area (Å²) in [6, 6.07) is 10.8. The quantitative estimate of drug-likeness (QED) is 0.683. The molecular weight excluding hydrogens is 176 g/mol. The predicted octanol–water partition coefficient (Wildman–Crippen LogP) is 3.97. The van der Waals surface area contributed by atoms with Gasteiger partial charge in [-0.1, -0.05) is 31.5 Å². The molecule has 1 aromatic carbocycles. The van der Waals surface area contributed by atoms with E-state index < -0.39 is 0 Å². The molecule has 1 unspecified atom stereocenters. The number of hydrogen-bond donors (Lipinski definition) is 0. The zero-order valence-electron chi connectivity index (χ0n) is 8.07. The summed E-state index contributed by atoms with van der Waals surface area (Å²) in [6.45, 7) is 2.38. The first-order valence-electron chi connectivity index (χ1n) is 5.08. The standard InChI is InChI=1S/C12H16S/c1-10-6-5-9-12(10)13-11-7-3-2-4-8-11/h2-4,7-8,10,12H,5-6,9H2,1H3/t10-,12?/m1/s1. The summed E-state index contributed by atoms with van der Waals surface area (Å²) in [6.07, 6.45) is 4.25. The third kappa shape index (κ3) is 2.28. The minimum absolute atomic E-state index is 0.863. The Kier molecular flexibility index (Phi) is 2.94. The van der Waals surface area contributed by atoms with Crippen LogP contribution in [0.15, 0.2) is 35.2 Å². The van der Waals surface area contributed by atoms with Gasteiger partial charge in [-0.2, -0.15) is 0 Å². The lowest BCUT2D eigenvalue weighted by molar-refractivity contribution is 0.624. The highest BCUT2D eigenvalue weighted by Gasteiger charge is 2.23. The van der Waals surface area contributed by atoms with Crippen molar-refractivity contribution in [2.45, 2.75) is 36.3 Å². The summed E-state index contributed by atoms with van der Waals surface area (Å²) in [5.41, 5.74) is 0. The van der Waals surface area contributed by atoms with Crippen LogP contribution in [0.2, 0.25) is 0 Å². The van der Waals surface area contributed by atoms with E-state index in [4.69, 9.17) is 0 Å². The number of hydrogen-bond acceptors (Lipinski definition) is 1. The van der Waals surface area contributed by atoms with Crippen LogP contribution in [0, 0.1) is 5.92 Å². The first-order valence-corrected chi connectivity index (χ1v) is 5.96. The highest BCUT2D eigenvalue weighted by atomic mass is 32.2. The van der Waals surface area contributed by atoms with E-state index in [1.807, 2.05) is 0 Å². The fraction of sp³-hybridized carbons (Fsp3) is 0.500. The maximum atomic E-state index is 2.38. The zero-order chi connectivity index (χ0) is 9.10. The van der Waals surface area contributed by atoms with Crippen molar-refractivity contribution in [3.8, 4) is 0 Å². The van der Waals surface area contributed by atoms with Crippen LogP contribution >= 0.6 is 11.8 Å². The molecule has 0 nitrogen and oxygen atoms in total. The van der Waals surface area contributed by atoms with E-state index in [0.717, 1.165) is 11.2 Å². The Hall–Kier alpha value is -0.430. The molecule has 1 saturated carbocycles. The van der Waals surface area contributed by atoms with Gasteiger partial charge in [-0.15, -0.1) is 11.8 Å². The van der Waals surface area contributed by atoms with Crippen LogP contribution in [-0.2, 0) is 0 Å². The molecule has 2 atom stereocenters. The van der Waals surface area contributed by atoms with Crippen molar-refractivity contribution in [3.05, 3.63) is 30.3 Å². The highest BCUT2D eigenvalue weighted by Crippen LogP contribution is 2.38. The van der Waals surface area contributed by atoms with Gasteiger partial charge in [0.1, 0.15) is 0 Å². The maximum absolute atomic E-state index is 2.38. The maximum Gasteiger partial charge on any atom is 0.0120 e. The van der Waals surface area contributed by atoms with Gasteiger partial charge in [0.05, 0.1) is 0 Å². The predicted molar refractivity (Wildman–Crippen MR) is 59.1 cm³/mol. The molecule has 2 rings (SSSR count). The van der Waals surface area contributed by atoms with Gasteiger partial charge in [0.2, 0.25) is 0 Å². The Labute approximate surface area is 84.7 Å². The third-order valence-electron chi connectivity index (χ3n) is 2.81. The molecule has 0 radical (unpaired) electrons. The van der Waals surface area contributed by atoms with Crippen molar-refractivity contribution in [2.75, 3.05) is 0 Å². The fourth-order valence-corrected chi connectivity index (χ4v) is 3.28. The molecule has 0 heterocycles. The van der Waals surface area contributed by atoms with E-state index in [1.165, 1.54) is 24.2 Å². The first kappa shape index (κ1) is 9.14. The van der Waals surface area contributed by atoms with Gasteiger partial charge >= 0.3 is 0 Å². The van der Waals surface area contributed by atoms with Crippen LogP contribution in [0.5, 0.6) is 0 Å². The largest absolute Gasteiger partial charge is 0.122 e. The summed E-state index contributed by atoms with van der Waals surface area (Å²) in [7, 11) is 0. The second kappa shape index (κ2) is 4.19. The smallest absolute Gasteiger partial charge is 0.0120 e. The van der Waals surface area contributed by atoms with Crippen molar-refractivity contribution in [1.82, 2.24) is 0 Å². The summed E-state index contributed by atoms with van der Waals surface area (Å²) in [5, 5.41) is 0.863. The Bertz CT molecular complexity index is 255. The van der Waals surface area contributed by atoms with Gasteiger partial charge in [-0.25, -0.2) is 0 Å². The lowest BCUT2D eigenvalue weighted by atomic mass is 10.1. The van der Waals surface area contributed by atoms with Crippen molar-refractivity contribution in [3.63, 3.8) is 0 Å². The molecule has 1 heteroatoms. The SMILES string of the molecule is C[C@@H]1CCCC1Sc1ccccc1. The van der Waals surface area contributed by atoms with Crippen LogP contribution in [0.25, 0.3) is 0 Å². The van der Waals surface area contributed by atoms with Crippen LogP contribution in [0.1, 0.15) is 26.2 Å². The van der Waals surface area contributed by atoms with E-state index in [0.29, 0.717) is 0 Å². The van der Waals surface area contributed by atoms with Crippen molar-refractivity contribution in [1.29, 1.82) is 0 Å². The number of thioether (sulfide) groups is 1. The molecule has 0 spiro atoms. The molecular formula is C12H16S. The van der Waals surface area contributed by atoms with Crippen LogP contribution < -0.4 is 0 Å². The second-order valence-electron chi connectivity index (χ2n) is 3.88. The molecule has 70 valence electrons. The number of rotatable bonds is 2. The Morgan fingerprint density at radius 1 is 1.15 bits per heavy atom. The van der Waals surface area contributed by atoms with Gasteiger partial charge < -0.3 is 0 Å². The normalized spacial score (nSPS) is 27.8. The van der Waals surface area contributed by atoms with E-state index in [1.54, 1.807) is 0 Å². The van der Waals surface area contributed by atoms with Crippen molar-refractivity contribution in [2.24, 2.45) is 5.92 Å². The molecule has 0 saturated heterocycles. The van der Waals surface area contributed by atoms with E-state index in [-0.39, 0.29) is 0 Å². The molecule has 1 aromatic rings. The highest BCUT2D eigenvalue weighted by molar-refractivity contribution is 8.00. The summed E-state index contributed by atoms with van der Waals surface area (Å²) >= 11 is 2.06. The molecule has 0 aliphatic heterocycles. The van der Waals surface area contributed by atoms with Gasteiger partial charge in [-0.3, -0.25) is 0 Å². The van der Waals surface area contributed by atoms with E-state index in [9.17, 15) is 0 Å². The van der Waals surface area contributed by atoms with Gasteiger partial charge in [0.15, 0.2) is 0 Å². The first-order chi connectivity index (χ1) is 6.36. The van der Waals surface area contributed by atoms with Crippen LogP contribution in [0.3, 0.4) is 0 Å². The Balaban J connectivity index is 1.98. The topological polar surface area (TPSA) is 0 Å². The summed E-state index contributed by atoms with van der Waals surface area (Å²) in [4.78, 5) is 1.43. The molecule has 1 fully saturated rings. The number of benzene rings is 1. The van der Waals surface area contributed by atoms with Gasteiger partial charge in [-0.05, 0) is 30.9 Å². The average molecular weight is 192 g/mol. The van der Waals surface area contributed by atoms with E-state index >= 15 is 0 Å². The lowest BCUT2D eigenvalue weighted by Gasteiger charge is -2.14. The van der Waals surface area contributed by atoms with Crippen LogP contribution in [0.4, 0.5) is 0 Å². The zero-order valence-corrected chi connectivity index (χ0v) is 8.89. The molecule has 0 N–H and O–H groups in total. The summed E-state index contributed by atoms with van der Waals surface area (Å²) < 4.78 is 0. The minimum atomic E-state index is 0.863. The molecule has 13 heavy (non-hydrogen) atoms. The Morgan fingerprint density at radius 2 is 1.92 bits per heavy atom. The molecule has 1 aliphatic carbocycles. The van der Waals surface area contributed by atoms with Crippen molar-refractivity contribution >= 4 is 11.8 Å². The lowest BCUT2D eigenvalue weighted by Crippen LogP contribution is -2.04. The molecule has 0 bridgehead atoms. The molecule has 1 aliphatic rings. The van der Waals surface area contributed by atoms with E-state index in [2.05, 4.69) is 49.0 Å². The summed E-state index contributed by atoms with van der Waals surface area (Å²) in [5.74, 6) is 0.908. The van der Waals surface area contributed by atoms with Gasteiger partial charge in [0.25, 0.3) is 0 Å². The fourth-order valence-electron chi connectivity index (χ4n) is 1.96. The third-order valence-corrected chi connectivity index (χ3v) is 4.36. The molecule has 0 amide bonds. The van der Waals surface area contributed by atoms with Crippen molar-refractivity contribution < 1.29 is 0 Å². The minimum Gasteiger partial charge on any atom is -0.122 e. The van der Waals surface area contributed by atoms with Crippen LogP contribution in [-0.4, -0.2) is 5.25 Å².